The molecule has 2 N–H and O–H groups in total. The van der Waals surface area contributed by atoms with Crippen molar-refractivity contribution in [3.63, 3.8) is 0 Å². The van der Waals surface area contributed by atoms with E-state index in [2.05, 4.69) is 20.9 Å². The summed E-state index contributed by atoms with van der Waals surface area (Å²) in [6.45, 7) is 0.156. The Morgan fingerprint density at radius 2 is 1.97 bits per heavy atom. The summed E-state index contributed by atoms with van der Waals surface area (Å²) >= 11 is 3.44. The highest BCUT2D eigenvalue weighted by atomic mass is 79.9. The van der Waals surface area contributed by atoms with E-state index in [0.717, 1.165) is 27.8 Å². The smallest absolute Gasteiger partial charge is 0.264 e. The first kappa shape index (κ1) is 20.4. The van der Waals surface area contributed by atoms with Crippen LogP contribution in [0, 0.1) is 0 Å². The number of carbonyl (C=O) groups is 1. The molecule has 1 unspecified atom stereocenters. The molecule has 1 heterocycles. The van der Waals surface area contributed by atoms with Crippen LogP contribution in [0.2, 0.25) is 0 Å². The number of aliphatic hydroxyl groups excluding tert-OH is 1. The average Bonchev–Trinajstić information content (AvgIpc) is 3.18. The number of pyridine rings is 1. The summed E-state index contributed by atoms with van der Waals surface area (Å²) in [4.78, 5) is 30.1. The van der Waals surface area contributed by atoms with E-state index < -0.39 is 5.56 Å². The Bertz CT molecular complexity index is 1110. The fourth-order valence-corrected chi connectivity index (χ4v) is 4.18. The number of aromatic nitrogens is 1. The summed E-state index contributed by atoms with van der Waals surface area (Å²) in [5.41, 5.74) is 2.43. The summed E-state index contributed by atoms with van der Waals surface area (Å²) in [5.74, 6) is 0.378. The van der Waals surface area contributed by atoms with E-state index in [1.54, 1.807) is 17.0 Å². The molecule has 1 amide bonds. The van der Waals surface area contributed by atoms with Crippen molar-refractivity contribution >= 4 is 27.5 Å². The minimum atomic E-state index is -0.414. The van der Waals surface area contributed by atoms with Crippen molar-refractivity contribution in [2.75, 3.05) is 18.1 Å². The number of nitrogens with one attached hydrogen (secondary N) is 1. The zero-order valence-electron chi connectivity index (χ0n) is 16.2. The minimum Gasteiger partial charge on any atom is -0.491 e. The van der Waals surface area contributed by atoms with Crippen LogP contribution in [0.3, 0.4) is 0 Å². The standard InChI is InChI=1S/C23H21BrN2O4/c24-15-6-8-16(9-7-15)26(23(29)19-4-2-12-25-22(19)28)20-11-10-18-17(20)3-1-5-21(18)30-14-13-27/h1-9,12,20,27H,10-11,13-14H2,(H,25,28). The Morgan fingerprint density at radius 3 is 2.70 bits per heavy atom. The Kier molecular flexibility index (Phi) is 6.01. The highest BCUT2D eigenvalue weighted by Crippen LogP contribution is 2.42. The topological polar surface area (TPSA) is 82.6 Å². The molecule has 0 aliphatic heterocycles. The fourth-order valence-electron chi connectivity index (χ4n) is 3.92. The van der Waals surface area contributed by atoms with E-state index in [1.807, 2.05) is 42.5 Å². The Morgan fingerprint density at radius 1 is 1.17 bits per heavy atom. The van der Waals surface area contributed by atoms with Crippen molar-refractivity contribution in [1.29, 1.82) is 0 Å². The van der Waals surface area contributed by atoms with Crippen molar-refractivity contribution in [2.24, 2.45) is 0 Å². The summed E-state index contributed by atoms with van der Waals surface area (Å²) < 4.78 is 6.60. The predicted molar refractivity (Wildman–Crippen MR) is 118 cm³/mol. The molecule has 0 radical (unpaired) electrons. The number of H-pyrrole nitrogens is 1. The molecule has 0 spiro atoms. The third-order valence-electron chi connectivity index (χ3n) is 5.23. The van der Waals surface area contributed by atoms with Gasteiger partial charge in [-0.15, -0.1) is 0 Å². The number of anilines is 1. The van der Waals surface area contributed by atoms with Gasteiger partial charge in [-0.2, -0.15) is 0 Å². The van der Waals surface area contributed by atoms with E-state index in [0.29, 0.717) is 12.1 Å². The van der Waals surface area contributed by atoms with Gasteiger partial charge in [-0.05, 0) is 66.4 Å². The molecule has 7 heteroatoms. The molecule has 0 bridgehead atoms. The number of rotatable bonds is 6. The van der Waals surface area contributed by atoms with E-state index in [9.17, 15) is 9.59 Å². The average molecular weight is 469 g/mol. The number of nitrogens with zero attached hydrogens (tertiary/aromatic N) is 1. The largest absolute Gasteiger partial charge is 0.491 e. The number of ether oxygens (including phenoxy) is 1. The van der Waals surface area contributed by atoms with Gasteiger partial charge in [0.1, 0.15) is 17.9 Å². The minimum absolute atomic E-state index is 0.0621. The summed E-state index contributed by atoms with van der Waals surface area (Å²) in [7, 11) is 0. The highest BCUT2D eigenvalue weighted by molar-refractivity contribution is 9.10. The van der Waals surface area contributed by atoms with Gasteiger partial charge >= 0.3 is 0 Å². The maximum atomic E-state index is 13.5. The molecule has 2 aromatic carbocycles. The van der Waals surface area contributed by atoms with E-state index >= 15 is 0 Å². The molecule has 30 heavy (non-hydrogen) atoms. The first-order chi connectivity index (χ1) is 14.6. The van der Waals surface area contributed by atoms with Gasteiger partial charge in [-0.1, -0.05) is 28.1 Å². The molecule has 1 aliphatic rings. The van der Waals surface area contributed by atoms with Crippen LogP contribution in [0.25, 0.3) is 0 Å². The fraction of sp³-hybridized carbons (Fsp3) is 0.217. The number of carbonyl (C=O) groups excluding carboxylic acids is 1. The van der Waals surface area contributed by atoms with Gasteiger partial charge < -0.3 is 19.7 Å². The predicted octanol–water partition coefficient (Wildman–Crippen LogP) is 3.84. The van der Waals surface area contributed by atoms with Crippen LogP contribution >= 0.6 is 15.9 Å². The molecule has 1 aromatic heterocycles. The highest BCUT2D eigenvalue weighted by Gasteiger charge is 2.35. The molecular formula is C23H21BrN2O4. The maximum absolute atomic E-state index is 13.5. The monoisotopic (exact) mass is 468 g/mol. The number of amides is 1. The number of aromatic amines is 1. The van der Waals surface area contributed by atoms with Gasteiger partial charge in [0.05, 0.1) is 12.6 Å². The van der Waals surface area contributed by atoms with Gasteiger partial charge in [0, 0.05) is 16.4 Å². The molecule has 1 aliphatic carbocycles. The zero-order chi connectivity index (χ0) is 21.1. The Labute approximate surface area is 182 Å². The number of halogens is 1. The third kappa shape index (κ3) is 3.91. The summed E-state index contributed by atoms with van der Waals surface area (Å²) in [6, 6.07) is 16.2. The lowest BCUT2D eigenvalue weighted by molar-refractivity contribution is 0.0974. The van der Waals surface area contributed by atoms with E-state index in [-0.39, 0.29) is 30.7 Å². The number of hydrogen-bond donors (Lipinski definition) is 2. The van der Waals surface area contributed by atoms with Crippen molar-refractivity contribution in [2.45, 2.75) is 18.9 Å². The first-order valence-corrected chi connectivity index (χ1v) is 10.5. The molecule has 154 valence electrons. The SMILES string of the molecule is O=C(c1ccc[nH]c1=O)N(c1ccc(Br)cc1)C1CCc2c(OCCO)cccc21. The normalized spacial score (nSPS) is 14.9. The number of hydrogen-bond acceptors (Lipinski definition) is 4. The van der Waals surface area contributed by atoms with Crippen molar-refractivity contribution in [3.05, 3.63) is 92.3 Å². The summed E-state index contributed by atoms with van der Waals surface area (Å²) in [5, 5.41) is 9.10. The van der Waals surface area contributed by atoms with Gasteiger partial charge in [-0.25, -0.2) is 0 Å². The van der Waals surface area contributed by atoms with Crippen molar-refractivity contribution in [1.82, 2.24) is 4.98 Å². The van der Waals surface area contributed by atoms with Crippen LogP contribution in [-0.2, 0) is 6.42 Å². The second-order valence-corrected chi connectivity index (χ2v) is 7.93. The van der Waals surface area contributed by atoms with Gasteiger partial charge in [-0.3, -0.25) is 9.59 Å². The molecule has 0 saturated heterocycles. The van der Waals surface area contributed by atoms with Crippen LogP contribution in [0.4, 0.5) is 5.69 Å². The van der Waals surface area contributed by atoms with Crippen molar-refractivity contribution in [3.8, 4) is 5.75 Å². The molecular weight excluding hydrogens is 448 g/mol. The second kappa shape index (κ2) is 8.85. The van der Waals surface area contributed by atoms with Gasteiger partial charge in [0.15, 0.2) is 0 Å². The zero-order valence-corrected chi connectivity index (χ0v) is 17.8. The van der Waals surface area contributed by atoms with Crippen LogP contribution in [0.15, 0.2) is 70.1 Å². The maximum Gasteiger partial charge on any atom is 0.264 e. The van der Waals surface area contributed by atoms with Gasteiger partial charge in [0.25, 0.3) is 11.5 Å². The molecule has 0 fully saturated rings. The van der Waals surface area contributed by atoms with Gasteiger partial charge in [0.2, 0.25) is 0 Å². The van der Waals surface area contributed by atoms with E-state index in [4.69, 9.17) is 9.84 Å². The lowest BCUT2D eigenvalue weighted by Gasteiger charge is -2.30. The van der Waals surface area contributed by atoms with Crippen LogP contribution in [0.5, 0.6) is 5.75 Å². The Hall–Kier alpha value is -2.90. The van der Waals surface area contributed by atoms with Crippen molar-refractivity contribution < 1.29 is 14.6 Å². The number of aliphatic hydroxyl groups is 1. The second-order valence-electron chi connectivity index (χ2n) is 7.01. The molecule has 1 atom stereocenters. The van der Waals surface area contributed by atoms with Crippen LogP contribution in [0.1, 0.15) is 33.9 Å². The van der Waals surface area contributed by atoms with Crippen LogP contribution < -0.4 is 15.2 Å². The first-order valence-electron chi connectivity index (χ1n) is 9.72. The lowest BCUT2D eigenvalue weighted by atomic mass is 10.0. The quantitative estimate of drug-likeness (QED) is 0.575. The van der Waals surface area contributed by atoms with E-state index in [1.165, 1.54) is 6.20 Å². The lowest BCUT2D eigenvalue weighted by Crippen LogP contribution is -2.37. The molecule has 4 rings (SSSR count). The molecule has 3 aromatic rings. The Balaban J connectivity index is 1.79. The summed E-state index contributed by atoms with van der Waals surface area (Å²) in [6.07, 6.45) is 2.97. The molecule has 6 nitrogen and oxygen atoms in total. The molecule has 0 saturated carbocycles. The number of fused-ring (bicyclic) bond motifs is 1. The van der Waals surface area contributed by atoms with Crippen LogP contribution in [-0.4, -0.2) is 29.2 Å². The third-order valence-corrected chi connectivity index (χ3v) is 5.76. The number of benzene rings is 2.